The molecule has 5 rings (SSSR count). The molecule has 5 aliphatic rings. The van der Waals surface area contributed by atoms with E-state index in [0.29, 0.717) is 6.04 Å². The third-order valence-electron chi connectivity index (χ3n) is 6.09. The van der Waals surface area contributed by atoms with E-state index in [-0.39, 0.29) is 5.54 Å². The van der Waals surface area contributed by atoms with Gasteiger partial charge in [-0.1, -0.05) is 0 Å². The van der Waals surface area contributed by atoms with Crippen molar-refractivity contribution in [2.75, 3.05) is 0 Å². The van der Waals surface area contributed by atoms with Gasteiger partial charge < -0.3 is 0 Å². The zero-order valence-electron chi connectivity index (χ0n) is 10.5. The summed E-state index contributed by atoms with van der Waals surface area (Å²) in [4.78, 5) is 0. The van der Waals surface area contributed by atoms with Crippen molar-refractivity contribution in [2.24, 2.45) is 23.7 Å². The lowest BCUT2D eigenvalue weighted by Gasteiger charge is -2.56. The van der Waals surface area contributed by atoms with Gasteiger partial charge in [-0.15, -0.1) is 0 Å². The lowest BCUT2D eigenvalue weighted by Crippen LogP contribution is -2.62. The first-order chi connectivity index (χ1) is 8.28. The maximum absolute atomic E-state index is 9.38. The normalized spacial score (nSPS) is 49.7. The predicted octanol–water partition coefficient (Wildman–Crippen LogP) is 2.85. The topological polar surface area (TPSA) is 35.8 Å². The fraction of sp³-hybridized carbons (Fsp3) is 0.933. The molecule has 0 saturated heterocycles. The highest BCUT2D eigenvalue weighted by Gasteiger charge is 2.51. The summed E-state index contributed by atoms with van der Waals surface area (Å²) >= 11 is 0. The van der Waals surface area contributed by atoms with Crippen LogP contribution in [0.25, 0.3) is 0 Å². The molecule has 5 fully saturated rings. The summed E-state index contributed by atoms with van der Waals surface area (Å²) in [7, 11) is 0. The van der Waals surface area contributed by atoms with Crippen LogP contribution in [0.15, 0.2) is 0 Å². The van der Waals surface area contributed by atoms with Crippen LogP contribution < -0.4 is 5.32 Å². The van der Waals surface area contributed by atoms with E-state index in [4.69, 9.17) is 0 Å². The maximum Gasteiger partial charge on any atom is 0.107 e. The van der Waals surface area contributed by atoms with Gasteiger partial charge in [-0.3, -0.25) is 5.32 Å². The molecule has 4 bridgehead atoms. The Hall–Kier alpha value is -0.550. The van der Waals surface area contributed by atoms with Crippen LogP contribution in [0.5, 0.6) is 0 Å². The van der Waals surface area contributed by atoms with Crippen LogP contribution in [0.2, 0.25) is 0 Å². The Morgan fingerprint density at radius 3 is 1.94 bits per heavy atom. The Labute approximate surface area is 104 Å². The third-order valence-corrected chi connectivity index (χ3v) is 6.09. The van der Waals surface area contributed by atoms with Gasteiger partial charge in [-0.2, -0.15) is 5.26 Å². The Balaban J connectivity index is 1.53. The molecule has 2 nitrogen and oxygen atoms in total. The Morgan fingerprint density at radius 1 is 0.941 bits per heavy atom. The predicted molar refractivity (Wildman–Crippen MR) is 66.2 cm³/mol. The average Bonchev–Trinajstić information content (AvgIpc) is 2.25. The van der Waals surface area contributed by atoms with Crippen LogP contribution in [0, 0.1) is 35.0 Å². The van der Waals surface area contributed by atoms with E-state index >= 15 is 0 Å². The fourth-order valence-electron chi connectivity index (χ4n) is 5.30. The van der Waals surface area contributed by atoms with Gasteiger partial charge in [0.05, 0.1) is 6.07 Å². The summed E-state index contributed by atoms with van der Waals surface area (Å²) in [5.41, 5.74) is -0.125. The SMILES string of the molecule is N#CC1(NC2C3CC4CC(C3)CC2C4)CCC1. The summed E-state index contributed by atoms with van der Waals surface area (Å²) in [6, 6.07) is 3.25. The average molecular weight is 230 g/mol. The summed E-state index contributed by atoms with van der Waals surface area (Å²) in [6.45, 7) is 0. The minimum atomic E-state index is -0.125. The molecular formula is C15H22N2. The standard InChI is InChI=1S/C15H22N2/c16-9-15(2-1-3-15)17-14-12-5-10-4-11(7-12)8-13(14)6-10/h10-14,17H,1-8H2. The molecule has 0 aliphatic heterocycles. The van der Waals surface area contributed by atoms with Gasteiger partial charge in [0.2, 0.25) is 0 Å². The van der Waals surface area contributed by atoms with Crippen molar-refractivity contribution >= 4 is 0 Å². The van der Waals surface area contributed by atoms with Crippen molar-refractivity contribution in [1.82, 2.24) is 5.32 Å². The van der Waals surface area contributed by atoms with Gasteiger partial charge in [-0.25, -0.2) is 0 Å². The molecule has 92 valence electrons. The molecule has 0 spiro atoms. The Kier molecular flexibility index (Phi) is 2.12. The van der Waals surface area contributed by atoms with Crippen molar-refractivity contribution in [3.05, 3.63) is 0 Å². The second-order valence-corrected chi connectivity index (χ2v) is 7.15. The molecule has 0 radical (unpaired) electrons. The molecule has 17 heavy (non-hydrogen) atoms. The first-order valence-electron chi connectivity index (χ1n) is 7.47. The van der Waals surface area contributed by atoms with Gasteiger partial charge in [0, 0.05) is 6.04 Å². The first-order valence-corrected chi connectivity index (χ1v) is 7.47. The zero-order chi connectivity index (χ0) is 11.5. The molecule has 5 aliphatic carbocycles. The number of hydrogen-bond donors (Lipinski definition) is 1. The van der Waals surface area contributed by atoms with Crippen LogP contribution in [-0.4, -0.2) is 11.6 Å². The molecule has 0 heterocycles. The lowest BCUT2D eigenvalue weighted by molar-refractivity contribution is -0.0273. The second kappa shape index (κ2) is 3.48. The second-order valence-electron chi connectivity index (χ2n) is 7.15. The third kappa shape index (κ3) is 1.48. The summed E-state index contributed by atoms with van der Waals surface area (Å²) < 4.78 is 0. The largest absolute Gasteiger partial charge is 0.296 e. The molecule has 0 aromatic carbocycles. The minimum Gasteiger partial charge on any atom is -0.296 e. The van der Waals surface area contributed by atoms with Crippen molar-refractivity contribution in [1.29, 1.82) is 5.26 Å². The highest BCUT2D eigenvalue weighted by atomic mass is 15.0. The quantitative estimate of drug-likeness (QED) is 0.791. The van der Waals surface area contributed by atoms with Crippen molar-refractivity contribution in [3.63, 3.8) is 0 Å². The molecule has 0 aromatic heterocycles. The van der Waals surface area contributed by atoms with Gasteiger partial charge in [0.1, 0.15) is 5.54 Å². The lowest BCUT2D eigenvalue weighted by atomic mass is 9.53. The summed E-state index contributed by atoms with van der Waals surface area (Å²) in [6.07, 6.45) is 10.7. The van der Waals surface area contributed by atoms with E-state index < -0.39 is 0 Å². The van der Waals surface area contributed by atoms with Crippen molar-refractivity contribution < 1.29 is 0 Å². The Bertz CT molecular complexity index is 336. The van der Waals surface area contributed by atoms with Gasteiger partial charge in [0.25, 0.3) is 0 Å². The highest BCUT2D eigenvalue weighted by molar-refractivity contribution is 5.15. The van der Waals surface area contributed by atoms with E-state index in [9.17, 15) is 5.26 Å². The molecule has 0 unspecified atom stereocenters. The van der Waals surface area contributed by atoms with E-state index in [1.165, 1.54) is 38.5 Å². The summed E-state index contributed by atoms with van der Waals surface area (Å²) in [5.74, 6) is 3.87. The van der Waals surface area contributed by atoms with E-state index in [2.05, 4.69) is 11.4 Å². The van der Waals surface area contributed by atoms with Crippen LogP contribution in [0.4, 0.5) is 0 Å². The van der Waals surface area contributed by atoms with E-state index in [0.717, 1.165) is 36.5 Å². The van der Waals surface area contributed by atoms with Crippen molar-refractivity contribution in [3.8, 4) is 6.07 Å². The minimum absolute atomic E-state index is 0.125. The van der Waals surface area contributed by atoms with E-state index in [1.54, 1.807) is 0 Å². The number of nitrogens with one attached hydrogen (secondary N) is 1. The highest BCUT2D eigenvalue weighted by Crippen LogP contribution is 2.54. The number of nitriles is 1. The molecule has 5 saturated carbocycles. The maximum atomic E-state index is 9.38. The fourth-order valence-corrected chi connectivity index (χ4v) is 5.30. The molecule has 2 heteroatoms. The smallest absolute Gasteiger partial charge is 0.107 e. The molecule has 0 atom stereocenters. The Morgan fingerprint density at radius 2 is 1.53 bits per heavy atom. The van der Waals surface area contributed by atoms with Gasteiger partial charge >= 0.3 is 0 Å². The molecular weight excluding hydrogens is 208 g/mol. The zero-order valence-corrected chi connectivity index (χ0v) is 10.5. The van der Waals surface area contributed by atoms with E-state index in [1.807, 2.05) is 0 Å². The van der Waals surface area contributed by atoms with Crippen LogP contribution >= 0.6 is 0 Å². The monoisotopic (exact) mass is 230 g/mol. The first kappa shape index (κ1) is 10.4. The molecule has 0 amide bonds. The van der Waals surface area contributed by atoms with Crippen LogP contribution in [-0.2, 0) is 0 Å². The van der Waals surface area contributed by atoms with Crippen molar-refractivity contribution in [2.45, 2.75) is 62.9 Å². The van der Waals surface area contributed by atoms with Gasteiger partial charge in [0.15, 0.2) is 0 Å². The van der Waals surface area contributed by atoms with Crippen LogP contribution in [0.1, 0.15) is 51.4 Å². The number of rotatable bonds is 2. The molecule has 1 N–H and O–H groups in total. The number of nitrogens with zero attached hydrogens (tertiary/aromatic N) is 1. The summed E-state index contributed by atoms with van der Waals surface area (Å²) in [5, 5.41) is 13.2. The van der Waals surface area contributed by atoms with Crippen LogP contribution in [0.3, 0.4) is 0 Å². The van der Waals surface area contributed by atoms with Gasteiger partial charge in [-0.05, 0) is 75.0 Å². The number of hydrogen-bond acceptors (Lipinski definition) is 2. The molecule has 0 aromatic rings.